The van der Waals surface area contributed by atoms with Crippen LogP contribution in [0.25, 0.3) is 22.3 Å². The fourth-order valence-corrected chi connectivity index (χ4v) is 3.38. The van der Waals surface area contributed by atoms with Gasteiger partial charge in [-0.2, -0.15) is 4.98 Å². The van der Waals surface area contributed by atoms with Gasteiger partial charge in [0.2, 0.25) is 11.7 Å². The number of nitrogens with zero attached hydrogens (tertiary/aromatic N) is 3. The summed E-state index contributed by atoms with van der Waals surface area (Å²) in [4.78, 5) is 20.1. The predicted molar refractivity (Wildman–Crippen MR) is 108 cm³/mol. The van der Waals surface area contributed by atoms with E-state index in [-0.39, 0.29) is 0 Å². The van der Waals surface area contributed by atoms with Crippen molar-refractivity contribution < 1.29 is 9.32 Å². The van der Waals surface area contributed by atoms with Crippen LogP contribution in [0.4, 0.5) is 0 Å². The second kappa shape index (κ2) is 8.57. The molecule has 0 spiro atoms. The number of benzene rings is 2. The summed E-state index contributed by atoms with van der Waals surface area (Å²) in [6, 6.07) is 17.9. The first-order chi connectivity index (χ1) is 13.8. The van der Waals surface area contributed by atoms with Gasteiger partial charge in [-0.1, -0.05) is 48.0 Å². The average molecular weight is 371 g/mol. The molecule has 0 atom stereocenters. The molecule has 5 nitrogen and oxygen atoms in total. The highest BCUT2D eigenvalue weighted by molar-refractivity contribution is 6.02. The predicted octanol–water partition coefficient (Wildman–Crippen LogP) is 5.05. The van der Waals surface area contributed by atoms with Gasteiger partial charge < -0.3 is 4.52 Å². The Hall–Kier alpha value is -3.34. The highest BCUT2D eigenvalue weighted by Gasteiger charge is 2.13. The van der Waals surface area contributed by atoms with Crippen LogP contribution >= 0.6 is 0 Å². The zero-order valence-corrected chi connectivity index (χ0v) is 15.5. The summed E-state index contributed by atoms with van der Waals surface area (Å²) in [6.07, 6.45) is 7.64. The summed E-state index contributed by atoms with van der Waals surface area (Å²) in [7, 11) is 0. The number of hydrogen-bond acceptors (Lipinski definition) is 5. The van der Waals surface area contributed by atoms with Crippen molar-refractivity contribution >= 4 is 17.2 Å². The number of aldehydes is 1. The van der Waals surface area contributed by atoms with Crippen molar-refractivity contribution in [2.24, 2.45) is 0 Å². The number of carbonyl (C=O) groups is 1. The Morgan fingerprint density at radius 2 is 1.75 bits per heavy atom. The van der Waals surface area contributed by atoms with Gasteiger partial charge in [0.1, 0.15) is 0 Å². The van der Waals surface area contributed by atoms with E-state index >= 15 is 0 Å². The molecular weight excluding hydrogens is 350 g/mol. The number of pyridine rings is 1. The Bertz CT molecular complexity index is 1070. The lowest BCUT2D eigenvalue weighted by atomic mass is 10.0. The standard InChI is InChI=1S/C23H21N3O2/c27-16-18-13-14-20(19-11-7-15-24-22(18)19)23-25-21(28-26-23)12-6-2-5-10-17-8-3-1-4-9-17/h1,3-4,7-9,11,13-16H,2,5-6,10,12H2. The molecule has 0 amide bonds. The first-order valence-corrected chi connectivity index (χ1v) is 9.55. The van der Waals surface area contributed by atoms with E-state index in [0.29, 0.717) is 22.8 Å². The van der Waals surface area contributed by atoms with Crippen LogP contribution in [0.5, 0.6) is 0 Å². The van der Waals surface area contributed by atoms with Crippen LogP contribution in [0.1, 0.15) is 41.1 Å². The van der Waals surface area contributed by atoms with E-state index in [1.54, 1.807) is 12.3 Å². The van der Waals surface area contributed by atoms with Crippen molar-refractivity contribution in [3.8, 4) is 11.4 Å². The quantitative estimate of drug-likeness (QED) is 0.320. The van der Waals surface area contributed by atoms with E-state index < -0.39 is 0 Å². The van der Waals surface area contributed by atoms with Crippen molar-refractivity contribution in [3.63, 3.8) is 0 Å². The second-order valence-corrected chi connectivity index (χ2v) is 6.78. The number of rotatable bonds is 8. The maximum atomic E-state index is 11.2. The lowest BCUT2D eigenvalue weighted by Crippen LogP contribution is -1.92. The zero-order chi connectivity index (χ0) is 19.2. The van der Waals surface area contributed by atoms with Crippen LogP contribution in [0, 0.1) is 0 Å². The molecule has 28 heavy (non-hydrogen) atoms. The fraction of sp³-hybridized carbons (Fsp3) is 0.217. The highest BCUT2D eigenvalue weighted by atomic mass is 16.5. The molecule has 0 N–H and O–H groups in total. The molecule has 140 valence electrons. The molecule has 2 heterocycles. The summed E-state index contributed by atoms with van der Waals surface area (Å²) in [5.41, 5.74) is 3.42. The van der Waals surface area contributed by atoms with E-state index in [9.17, 15) is 4.79 Å². The zero-order valence-electron chi connectivity index (χ0n) is 15.5. The summed E-state index contributed by atoms with van der Waals surface area (Å²) < 4.78 is 5.44. The summed E-state index contributed by atoms with van der Waals surface area (Å²) >= 11 is 0. The third kappa shape index (κ3) is 3.98. The molecule has 0 saturated carbocycles. The summed E-state index contributed by atoms with van der Waals surface area (Å²) in [5, 5.41) is 4.99. The number of aromatic nitrogens is 3. The fourth-order valence-electron chi connectivity index (χ4n) is 3.38. The van der Waals surface area contributed by atoms with Crippen LogP contribution in [-0.4, -0.2) is 21.4 Å². The SMILES string of the molecule is O=Cc1ccc(-c2noc(CCCCCc3ccccc3)n2)c2cccnc12. The molecule has 0 radical (unpaired) electrons. The van der Waals surface area contributed by atoms with Crippen molar-refractivity contribution in [3.05, 3.63) is 77.8 Å². The first-order valence-electron chi connectivity index (χ1n) is 9.55. The van der Waals surface area contributed by atoms with Crippen LogP contribution < -0.4 is 0 Å². The van der Waals surface area contributed by atoms with Gasteiger partial charge in [0, 0.05) is 29.1 Å². The normalized spacial score (nSPS) is 11.0. The van der Waals surface area contributed by atoms with E-state index in [2.05, 4.69) is 39.4 Å². The second-order valence-electron chi connectivity index (χ2n) is 6.78. The van der Waals surface area contributed by atoms with Gasteiger partial charge in [-0.25, -0.2) is 0 Å². The molecule has 0 aliphatic rings. The number of fused-ring (bicyclic) bond motifs is 1. The Morgan fingerprint density at radius 3 is 2.61 bits per heavy atom. The van der Waals surface area contributed by atoms with E-state index in [1.165, 1.54) is 5.56 Å². The van der Waals surface area contributed by atoms with E-state index in [1.807, 2.05) is 24.3 Å². The molecule has 4 aromatic rings. The summed E-state index contributed by atoms with van der Waals surface area (Å²) in [6.45, 7) is 0. The average Bonchev–Trinajstić information content (AvgIpc) is 3.22. The van der Waals surface area contributed by atoms with Crippen molar-refractivity contribution in [1.29, 1.82) is 0 Å². The third-order valence-corrected chi connectivity index (χ3v) is 4.84. The van der Waals surface area contributed by atoms with Gasteiger partial charge >= 0.3 is 0 Å². The lowest BCUT2D eigenvalue weighted by Gasteiger charge is -2.03. The minimum atomic E-state index is 0.537. The number of aryl methyl sites for hydroxylation is 2. The van der Waals surface area contributed by atoms with Gasteiger partial charge in [-0.15, -0.1) is 0 Å². The maximum absolute atomic E-state index is 11.2. The Kier molecular flexibility index (Phi) is 5.52. The van der Waals surface area contributed by atoms with Gasteiger partial charge in [0.05, 0.1) is 5.52 Å². The molecule has 0 aliphatic carbocycles. The molecule has 0 bridgehead atoms. The largest absolute Gasteiger partial charge is 0.339 e. The van der Waals surface area contributed by atoms with Crippen molar-refractivity contribution in [2.45, 2.75) is 32.1 Å². The smallest absolute Gasteiger partial charge is 0.226 e. The van der Waals surface area contributed by atoms with E-state index in [4.69, 9.17) is 4.52 Å². The molecule has 0 unspecified atom stereocenters. The molecule has 4 rings (SSSR count). The van der Waals surface area contributed by atoms with Gasteiger partial charge in [-0.05, 0) is 43.0 Å². The molecule has 0 saturated heterocycles. The molecule has 2 aromatic carbocycles. The molecule has 2 aromatic heterocycles. The molecular formula is C23H21N3O2. The highest BCUT2D eigenvalue weighted by Crippen LogP contribution is 2.27. The Morgan fingerprint density at radius 1 is 0.893 bits per heavy atom. The monoisotopic (exact) mass is 371 g/mol. The Balaban J connectivity index is 1.39. The van der Waals surface area contributed by atoms with E-state index in [0.717, 1.165) is 49.3 Å². The van der Waals surface area contributed by atoms with Crippen LogP contribution in [0.3, 0.4) is 0 Å². The maximum Gasteiger partial charge on any atom is 0.226 e. The lowest BCUT2D eigenvalue weighted by molar-refractivity contribution is 0.112. The molecule has 0 aliphatic heterocycles. The Labute approximate surface area is 163 Å². The molecule has 5 heteroatoms. The van der Waals surface area contributed by atoms with Gasteiger partial charge in [0.15, 0.2) is 6.29 Å². The van der Waals surface area contributed by atoms with Crippen LogP contribution in [0.15, 0.2) is 65.3 Å². The van der Waals surface area contributed by atoms with Gasteiger partial charge in [0.25, 0.3) is 0 Å². The first kappa shape index (κ1) is 18.0. The van der Waals surface area contributed by atoms with Crippen molar-refractivity contribution in [2.75, 3.05) is 0 Å². The number of carbonyl (C=O) groups excluding carboxylic acids is 1. The number of unbranched alkanes of at least 4 members (excludes halogenated alkanes) is 2. The summed E-state index contributed by atoms with van der Waals surface area (Å²) in [5.74, 6) is 1.18. The van der Waals surface area contributed by atoms with Gasteiger partial charge in [-0.3, -0.25) is 9.78 Å². The molecule has 0 fully saturated rings. The topological polar surface area (TPSA) is 68.9 Å². The van der Waals surface area contributed by atoms with Crippen LogP contribution in [0.2, 0.25) is 0 Å². The third-order valence-electron chi connectivity index (χ3n) is 4.84. The van der Waals surface area contributed by atoms with Crippen LogP contribution in [-0.2, 0) is 12.8 Å². The minimum absolute atomic E-state index is 0.537. The minimum Gasteiger partial charge on any atom is -0.339 e. The van der Waals surface area contributed by atoms with Crippen molar-refractivity contribution in [1.82, 2.24) is 15.1 Å². The number of hydrogen-bond donors (Lipinski definition) is 0.